The van der Waals surface area contributed by atoms with Crippen molar-refractivity contribution in [3.8, 4) is 0 Å². The van der Waals surface area contributed by atoms with Crippen LogP contribution in [0.5, 0.6) is 0 Å². The quantitative estimate of drug-likeness (QED) is 0.831. The smallest absolute Gasteiger partial charge is 0.123 e. The van der Waals surface area contributed by atoms with Crippen LogP contribution in [0.3, 0.4) is 0 Å². The van der Waals surface area contributed by atoms with Gasteiger partial charge in [-0.1, -0.05) is 24.3 Å². The van der Waals surface area contributed by atoms with E-state index in [0.29, 0.717) is 12.8 Å². The first-order valence-electron chi connectivity index (χ1n) is 5.80. The van der Waals surface area contributed by atoms with Gasteiger partial charge in [-0.2, -0.15) is 0 Å². The van der Waals surface area contributed by atoms with E-state index in [0.717, 1.165) is 11.1 Å². The third-order valence-corrected chi connectivity index (χ3v) is 3.49. The molecule has 2 rings (SSSR count). The van der Waals surface area contributed by atoms with E-state index in [4.69, 9.17) is 0 Å². The molecule has 0 aliphatic rings. The van der Waals surface area contributed by atoms with Crippen LogP contribution in [0.1, 0.15) is 11.1 Å². The maximum Gasteiger partial charge on any atom is 0.123 e. The number of hydrogen-bond donors (Lipinski definition) is 1. The van der Waals surface area contributed by atoms with Crippen LogP contribution in [-0.2, 0) is 12.8 Å². The van der Waals surface area contributed by atoms with Gasteiger partial charge in [0, 0.05) is 3.57 Å². The summed E-state index contributed by atoms with van der Waals surface area (Å²) in [7, 11) is 0. The highest BCUT2D eigenvalue weighted by molar-refractivity contribution is 14.1. The molecule has 0 saturated heterocycles. The van der Waals surface area contributed by atoms with Gasteiger partial charge in [0.25, 0.3) is 0 Å². The first kappa shape index (κ1) is 13.5. The van der Waals surface area contributed by atoms with E-state index in [1.165, 1.54) is 15.7 Å². The molecule has 0 aliphatic carbocycles. The minimum atomic E-state index is -0.435. The Balaban J connectivity index is 1.94. The van der Waals surface area contributed by atoms with Gasteiger partial charge in [0.15, 0.2) is 0 Å². The normalized spacial score (nSPS) is 12.4. The van der Waals surface area contributed by atoms with Crippen molar-refractivity contribution in [1.29, 1.82) is 0 Å². The molecule has 1 unspecified atom stereocenters. The molecule has 1 N–H and O–H groups in total. The molecule has 0 fully saturated rings. The molecular formula is C15H14FIO. The number of aliphatic hydroxyl groups excluding tert-OH is 1. The highest BCUT2D eigenvalue weighted by atomic mass is 127. The monoisotopic (exact) mass is 356 g/mol. The van der Waals surface area contributed by atoms with Crippen molar-refractivity contribution in [3.05, 3.63) is 69.0 Å². The lowest BCUT2D eigenvalue weighted by Gasteiger charge is -2.11. The zero-order valence-corrected chi connectivity index (χ0v) is 12.0. The van der Waals surface area contributed by atoms with Crippen molar-refractivity contribution in [1.82, 2.24) is 0 Å². The van der Waals surface area contributed by atoms with Gasteiger partial charge < -0.3 is 5.11 Å². The lowest BCUT2D eigenvalue weighted by atomic mass is 10.0. The van der Waals surface area contributed by atoms with E-state index in [1.807, 2.05) is 24.3 Å². The van der Waals surface area contributed by atoms with Crippen molar-refractivity contribution in [2.24, 2.45) is 0 Å². The number of hydrogen-bond acceptors (Lipinski definition) is 1. The maximum absolute atomic E-state index is 12.7. The Kier molecular flexibility index (Phi) is 4.72. The van der Waals surface area contributed by atoms with Gasteiger partial charge in [-0.25, -0.2) is 4.39 Å². The second-order valence-electron chi connectivity index (χ2n) is 4.32. The van der Waals surface area contributed by atoms with Crippen molar-refractivity contribution in [2.45, 2.75) is 18.9 Å². The second kappa shape index (κ2) is 6.29. The van der Waals surface area contributed by atoms with Crippen molar-refractivity contribution in [2.75, 3.05) is 0 Å². The van der Waals surface area contributed by atoms with Gasteiger partial charge in [-0.15, -0.1) is 0 Å². The van der Waals surface area contributed by atoms with Crippen LogP contribution in [0.15, 0.2) is 48.5 Å². The van der Waals surface area contributed by atoms with Crippen molar-refractivity contribution < 1.29 is 9.50 Å². The lowest BCUT2D eigenvalue weighted by Crippen LogP contribution is -2.13. The molecule has 0 bridgehead atoms. The van der Waals surface area contributed by atoms with Gasteiger partial charge in [0.2, 0.25) is 0 Å². The van der Waals surface area contributed by atoms with Crippen LogP contribution >= 0.6 is 22.6 Å². The van der Waals surface area contributed by atoms with Gasteiger partial charge in [-0.05, 0) is 70.8 Å². The third kappa shape index (κ3) is 4.07. The SMILES string of the molecule is OC(Cc1ccc(F)cc1)Cc1ccc(I)cc1. The van der Waals surface area contributed by atoms with E-state index >= 15 is 0 Å². The van der Waals surface area contributed by atoms with Gasteiger partial charge in [0.05, 0.1) is 6.10 Å². The number of halogens is 2. The topological polar surface area (TPSA) is 20.2 Å². The van der Waals surface area contributed by atoms with E-state index in [2.05, 4.69) is 22.6 Å². The average molecular weight is 356 g/mol. The highest BCUT2D eigenvalue weighted by Gasteiger charge is 2.07. The Bertz CT molecular complexity index is 445. The van der Waals surface area contributed by atoms with E-state index < -0.39 is 6.10 Å². The molecule has 2 aromatic carbocycles. The van der Waals surface area contributed by atoms with E-state index in [9.17, 15) is 9.50 Å². The van der Waals surface area contributed by atoms with Crippen LogP contribution < -0.4 is 0 Å². The molecule has 18 heavy (non-hydrogen) atoms. The van der Waals surface area contributed by atoms with Gasteiger partial charge in [-0.3, -0.25) is 0 Å². The molecule has 0 radical (unpaired) electrons. The third-order valence-electron chi connectivity index (χ3n) is 2.77. The summed E-state index contributed by atoms with van der Waals surface area (Å²) in [5, 5.41) is 10.00. The van der Waals surface area contributed by atoms with Crippen LogP contribution in [-0.4, -0.2) is 11.2 Å². The summed E-state index contributed by atoms with van der Waals surface area (Å²) in [6.45, 7) is 0. The van der Waals surface area contributed by atoms with Crippen molar-refractivity contribution in [3.63, 3.8) is 0 Å². The zero-order valence-electron chi connectivity index (χ0n) is 9.81. The van der Waals surface area contributed by atoms with Crippen LogP contribution in [0.2, 0.25) is 0 Å². The van der Waals surface area contributed by atoms with Gasteiger partial charge in [0.1, 0.15) is 5.82 Å². The van der Waals surface area contributed by atoms with Crippen LogP contribution in [0, 0.1) is 9.39 Å². The zero-order chi connectivity index (χ0) is 13.0. The average Bonchev–Trinajstić information content (AvgIpc) is 2.35. The summed E-state index contributed by atoms with van der Waals surface area (Å²) >= 11 is 2.25. The minimum Gasteiger partial charge on any atom is -0.392 e. The second-order valence-corrected chi connectivity index (χ2v) is 5.56. The summed E-state index contributed by atoms with van der Waals surface area (Å²) in [5.41, 5.74) is 2.07. The molecule has 0 heterocycles. The first-order valence-corrected chi connectivity index (χ1v) is 6.88. The molecule has 2 aromatic rings. The predicted octanol–water partition coefficient (Wildman–Crippen LogP) is 3.58. The Labute approximate surface area is 120 Å². The minimum absolute atomic E-state index is 0.245. The molecule has 94 valence electrons. The predicted molar refractivity (Wildman–Crippen MR) is 79.0 cm³/mol. The summed E-state index contributed by atoms with van der Waals surface area (Å²) in [6.07, 6.45) is 0.733. The number of benzene rings is 2. The molecule has 3 heteroatoms. The van der Waals surface area contributed by atoms with E-state index in [1.54, 1.807) is 12.1 Å². The number of rotatable bonds is 4. The number of aliphatic hydroxyl groups is 1. The molecular weight excluding hydrogens is 342 g/mol. The first-order chi connectivity index (χ1) is 8.63. The maximum atomic E-state index is 12.7. The van der Waals surface area contributed by atoms with Crippen LogP contribution in [0.25, 0.3) is 0 Å². The lowest BCUT2D eigenvalue weighted by molar-refractivity contribution is 0.175. The van der Waals surface area contributed by atoms with E-state index in [-0.39, 0.29) is 5.82 Å². The fraction of sp³-hybridized carbons (Fsp3) is 0.200. The summed E-state index contributed by atoms with van der Waals surface area (Å²) in [5.74, 6) is -0.245. The fourth-order valence-corrected chi connectivity index (χ4v) is 2.22. The molecule has 0 aliphatic heterocycles. The molecule has 1 nitrogen and oxygen atoms in total. The van der Waals surface area contributed by atoms with Crippen molar-refractivity contribution >= 4 is 22.6 Å². The fourth-order valence-electron chi connectivity index (χ4n) is 1.86. The summed E-state index contributed by atoms with van der Waals surface area (Å²) < 4.78 is 13.9. The van der Waals surface area contributed by atoms with Crippen LogP contribution in [0.4, 0.5) is 4.39 Å². The Morgan fingerprint density at radius 1 is 0.889 bits per heavy atom. The Morgan fingerprint density at radius 3 is 1.83 bits per heavy atom. The molecule has 1 atom stereocenters. The summed E-state index contributed by atoms with van der Waals surface area (Å²) in [4.78, 5) is 0. The molecule has 0 saturated carbocycles. The molecule has 0 spiro atoms. The standard InChI is InChI=1S/C15H14FIO/c16-13-5-1-11(2-6-13)9-15(18)10-12-3-7-14(17)8-4-12/h1-8,15,18H,9-10H2. The Morgan fingerprint density at radius 2 is 1.33 bits per heavy atom. The summed E-state index contributed by atoms with van der Waals surface area (Å²) in [6, 6.07) is 14.4. The highest BCUT2D eigenvalue weighted by Crippen LogP contribution is 2.12. The Hall–Kier alpha value is -0.940. The van der Waals surface area contributed by atoms with Gasteiger partial charge >= 0.3 is 0 Å². The molecule has 0 aromatic heterocycles. The largest absolute Gasteiger partial charge is 0.392 e. The molecule has 0 amide bonds.